The summed E-state index contributed by atoms with van der Waals surface area (Å²) in [6.45, 7) is 0. The van der Waals surface area contributed by atoms with Gasteiger partial charge in [-0.15, -0.1) is 0 Å². The summed E-state index contributed by atoms with van der Waals surface area (Å²) in [4.78, 5) is 0.309. The molecule has 1 unspecified atom stereocenters. The Morgan fingerprint density at radius 3 is 2.59 bits per heavy atom. The molecule has 0 saturated heterocycles. The van der Waals surface area contributed by atoms with Crippen LogP contribution in [0.15, 0.2) is 23.1 Å². The molecule has 2 N–H and O–H groups in total. The summed E-state index contributed by atoms with van der Waals surface area (Å²) in [5.41, 5.74) is 1.57. The maximum atomic E-state index is 11.9. The van der Waals surface area contributed by atoms with Crippen molar-refractivity contribution in [2.45, 2.75) is 10.4 Å². The number of anilines is 1. The topological polar surface area (TPSA) is 43.1 Å². The molecule has 96 valence electrons. The minimum absolute atomic E-state index is 0.103. The minimum Gasteiger partial charge on any atom is -0.399 e. The minimum atomic E-state index is -4.30. The van der Waals surface area contributed by atoms with Gasteiger partial charge in [0.2, 0.25) is 0 Å². The van der Waals surface area contributed by atoms with Crippen LogP contribution in [0.5, 0.6) is 0 Å². The molecule has 0 fully saturated rings. The lowest BCUT2D eigenvalue weighted by atomic mass is 10.3. The molecule has 1 atom stereocenters. The van der Waals surface area contributed by atoms with Crippen molar-refractivity contribution in [1.29, 1.82) is 0 Å². The van der Waals surface area contributed by atoms with Crippen molar-refractivity contribution in [2.24, 2.45) is 0 Å². The third-order valence-electron chi connectivity index (χ3n) is 1.74. The van der Waals surface area contributed by atoms with Crippen LogP contribution in [-0.2, 0) is 10.8 Å². The van der Waals surface area contributed by atoms with E-state index in [9.17, 15) is 17.4 Å². The van der Waals surface area contributed by atoms with Crippen LogP contribution >= 0.6 is 23.4 Å². The molecule has 0 radical (unpaired) electrons. The van der Waals surface area contributed by atoms with E-state index >= 15 is 0 Å². The van der Waals surface area contributed by atoms with Gasteiger partial charge in [0.05, 0.1) is 20.7 Å². The number of benzene rings is 1. The van der Waals surface area contributed by atoms with Crippen LogP contribution in [0.2, 0.25) is 5.02 Å². The Balaban J connectivity index is 2.59. The normalized spacial score (nSPS) is 13.6. The van der Waals surface area contributed by atoms with Crippen LogP contribution < -0.4 is 5.73 Å². The molecule has 0 amide bonds. The Labute approximate surface area is 108 Å². The summed E-state index contributed by atoms with van der Waals surface area (Å²) >= 11 is 5.60. The molecule has 0 aliphatic heterocycles. The molecule has 0 spiro atoms. The lowest BCUT2D eigenvalue weighted by molar-refractivity contribution is -0.0326. The zero-order valence-corrected chi connectivity index (χ0v) is 10.8. The molecule has 1 aromatic rings. The lowest BCUT2D eigenvalue weighted by Crippen LogP contribution is -2.07. The Hall–Kier alpha value is -0.400. The van der Waals surface area contributed by atoms with E-state index in [1.165, 1.54) is 18.2 Å². The predicted molar refractivity (Wildman–Crippen MR) is 65.7 cm³/mol. The summed E-state index contributed by atoms with van der Waals surface area (Å²) in [6, 6.07) is 4.40. The first kappa shape index (κ1) is 14.7. The summed E-state index contributed by atoms with van der Waals surface area (Å²) < 4.78 is 47.3. The first-order chi connectivity index (χ1) is 7.79. The highest BCUT2D eigenvalue weighted by Crippen LogP contribution is 2.30. The van der Waals surface area contributed by atoms with Gasteiger partial charge in [0, 0.05) is 17.2 Å². The van der Waals surface area contributed by atoms with Crippen LogP contribution in [0.3, 0.4) is 0 Å². The van der Waals surface area contributed by atoms with Gasteiger partial charge >= 0.3 is 5.51 Å². The maximum absolute atomic E-state index is 11.9. The molecule has 0 aliphatic carbocycles. The third-order valence-corrected chi connectivity index (χ3v) is 4.58. The third kappa shape index (κ3) is 5.18. The van der Waals surface area contributed by atoms with Crippen molar-refractivity contribution in [2.75, 3.05) is 17.2 Å². The number of thioether (sulfide) groups is 1. The summed E-state index contributed by atoms with van der Waals surface area (Å²) in [7, 11) is -1.55. The van der Waals surface area contributed by atoms with Crippen molar-refractivity contribution in [1.82, 2.24) is 0 Å². The van der Waals surface area contributed by atoms with E-state index in [0.717, 1.165) is 0 Å². The summed E-state index contributed by atoms with van der Waals surface area (Å²) in [6.07, 6.45) is 0. The second-order valence-corrected chi connectivity index (χ2v) is 6.14. The van der Waals surface area contributed by atoms with Gasteiger partial charge in [0.1, 0.15) is 0 Å². The fraction of sp³-hybridized carbons (Fsp3) is 0.333. The first-order valence-corrected chi connectivity index (χ1v) is 7.12. The molecule has 0 heterocycles. The number of hydrogen-bond acceptors (Lipinski definition) is 3. The summed E-state index contributed by atoms with van der Waals surface area (Å²) in [5.74, 6) is -0.370. The number of nitrogen functional groups attached to an aromatic ring is 1. The molecule has 0 aliphatic rings. The number of hydrogen-bond donors (Lipinski definition) is 1. The SMILES string of the molecule is Nc1ccc(S(=O)CCSC(F)(F)F)c(Cl)c1. The number of nitrogens with two attached hydrogens (primary N) is 1. The second-order valence-electron chi connectivity index (χ2n) is 3.03. The predicted octanol–water partition coefficient (Wildman–Crippen LogP) is 3.28. The van der Waals surface area contributed by atoms with Crippen LogP contribution in [0.1, 0.15) is 0 Å². The molecule has 1 rings (SSSR count). The number of alkyl halides is 3. The van der Waals surface area contributed by atoms with E-state index < -0.39 is 16.3 Å². The van der Waals surface area contributed by atoms with E-state index in [2.05, 4.69) is 0 Å². The molecule has 8 heteroatoms. The number of rotatable bonds is 4. The Bertz CT molecular complexity index is 425. The maximum Gasteiger partial charge on any atom is 0.441 e. The van der Waals surface area contributed by atoms with Gasteiger partial charge in [0.15, 0.2) is 0 Å². The van der Waals surface area contributed by atoms with E-state index in [4.69, 9.17) is 17.3 Å². The lowest BCUT2D eigenvalue weighted by Gasteiger charge is -2.07. The highest BCUT2D eigenvalue weighted by atomic mass is 35.5. The molecule has 1 aromatic carbocycles. The van der Waals surface area contributed by atoms with Gasteiger partial charge in [-0.05, 0) is 18.2 Å². The highest BCUT2D eigenvalue weighted by molar-refractivity contribution is 8.00. The van der Waals surface area contributed by atoms with Crippen molar-refractivity contribution >= 4 is 39.8 Å². The van der Waals surface area contributed by atoms with Gasteiger partial charge in [-0.2, -0.15) is 13.2 Å². The smallest absolute Gasteiger partial charge is 0.399 e. The standard InChI is InChI=1S/C9H9ClF3NOS2/c10-7-5-6(14)1-2-8(7)17(15)4-3-16-9(11,12)13/h1-2,5H,3-4,14H2. The molecule has 0 saturated carbocycles. The molecular weight excluding hydrogens is 295 g/mol. The van der Waals surface area contributed by atoms with Gasteiger partial charge in [0.25, 0.3) is 0 Å². The van der Waals surface area contributed by atoms with Crippen molar-refractivity contribution in [3.8, 4) is 0 Å². The average molecular weight is 304 g/mol. The van der Waals surface area contributed by atoms with Crippen LogP contribution in [-0.4, -0.2) is 21.2 Å². The molecular formula is C9H9ClF3NOS2. The van der Waals surface area contributed by atoms with E-state index in [0.29, 0.717) is 10.6 Å². The monoisotopic (exact) mass is 303 g/mol. The molecule has 0 aromatic heterocycles. The van der Waals surface area contributed by atoms with Gasteiger partial charge in [-0.25, -0.2) is 0 Å². The second kappa shape index (κ2) is 5.97. The molecule has 17 heavy (non-hydrogen) atoms. The Kier molecular flexibility index (Phi) is 5.15. The fourth-order valence-corrected chi connectivity index (χ4v) is 3.38. The Morgan fingerprint density at radius 2 is 2.06 bits per heavy atom. The quantitative estimate of drug-likeness (QED) is 0.868. The van der Waals surface area contributed by atoms with Gasteiger partial charge < -0.3 is 5.73 Å². The van der Waals surface area contributed by atoms with Crippen LogP contribution in [0.4, 0.5) is 18.9 Å². The summed E-state index contributed by atoms with van der Waals surface area (Å²) in [5, 5.41) is 0.209. The van der Waals surface area contributed by atoms with E-state index in [1.807, 2.05) is 0 Å². The van der Waals surface area contributed by atoms with Crippen LogP contribution in [0.25, 0.3) is 0 Å². The largest absolute Gasteiger partial charge is 0.441 e. The highest BCUT2D eigenvalue weighted by Gasteiger charge is 2.28. The van der Waals surface area contributed by atoms with Gasteiger partial charge in [-0.1, -0.05) is 23.4 Å². The molecule has 0 bridgehead atoms. The zero-order chi connectivity index (χ0) is 13.1. The van der Waals surface area contributed by atoms with E-state index in [1.54, 1.807) is 0 Å². The molecule has 2 nitrogen and oxygen atoms in total. The van der Waals surface area contributed by atoms with E-state index in [-0.39, 0.29) is 28.3 Å². The zero-order valence-electron chi connectivity index (χ0n) is 8.46. The number of halogens is 4. The Morgan fingerprint density at radius 1 is 1.41 bits per heavy atom. The fourth-order valence-electron chi connectivity index (χ4n) is 1.04. The van der Waals surface area contributed by atoms with Gasteiger partial charge in [-0.3, -0.25) is 4.21 Å². The average Bonchev–Trinajstić information content (AvgIpc) is 2.15. The van der Waals surface area contributed by atoms with Crippen LogP contribution in [0, 0.1) is 0 Å². The first-order valence-electron chi connectivity index (χ1n) is 4.43. The van der Waals surface area contributed by atoms with Crippen molar-refractivity contribution in [3.63, 3.8) is 0 Å². The van der Waals surface area contributed by atoms with Crippen molar-refractivity contribution in [3.05, 3.63) is 23.2 Å². The van der Waals surface area contributed by atoms with Crippen molar-refractivity contribution < 1.29 is 17.4 Å².